The van der Waals surface area contributed by atoms with E-state index in [-0.39, 0.29) is 15.6 Å². The van der Waals surface area contributed by atoms with Gasteiger partial charge in [-0.2, -0.15) is 0 Å². The topological polar surface area (TPSA) is 80.1 Å². The number of nitrogens with zero attached hydrogens (tertiary/aromatic N) is 4. The van der Waals surface area contributed by atoms with Crippen LogP contribution in [0.4, 0.5) is 10.1 Å². The lowest BCUT2D eigenvalue weighted by Gasteiger charge is -2.37. The number of hydrogen-bond acceptors (Lipinski definition) is 5. The third kappa shape index (κ3) is 4.65. The van der Waals surface area contributed by atoms with Crippen LogP contribution in [0.25, 0.3) is 11.4 Å². The van der Waals surface area contributed by atoms with E-state index in [2.05, 4.69) is 15.5 Å². The van der Waals surface area contributed by atoms with Gasteiger partial charge in [-0.25, -0.2) is 12.8 Å². The van der Waals surface area contributed by atoms with Crippen LogP contribution in [-0.2, 0) is 23.6 Å². The van der Waals surface area contributed by atoms with E-state index in [0.717, 1.165) is 12.6 Å². The van der Waals surface area contributed by atoms with Gasteiger partial charge in [-0.05, 0) is 45.5 Å². The van der Waals surface area contributed by atoms with E-state index in [0.29, 0.717) is 23.8 Å². The lowest BCUT2D eigenvalue weighted by atomic mass is 10.1. The second-order valence-electron chi connectivity index (χ2n) is 8.32. The van der Waals surface area contributed by atoms with Gasteiger partial charge < -0.3 is 9.88 Å². The van der Waals surface area contributed by atoms with Gasteiger partial charge >= 0.3 is 0 Å². The van der Waals surface area contributed by atoms with Gasteiger partial charge in [0.25, 0.3) is 10.0 Å². The number of anilines is 1. The van der Waals surface area contributed by atoms with Crippen molar-refractivity contribution in [2.45, 2.75) is 44.7 Å². The van der Waals surface area contributed by atoms with Crippen LogP contribution in [0.3, 0.4) is 0 Å². The molecule has 172 valence electrons. The standard InChI is InChI=1S/C22H27ClFN5O2S/c1-6-25-14-20-26-27-21(28(20)5)16-12-17(23)18(24)13-19(16)29(22(2,3)4)32(30,31)15-10-8-7-9-11-15/h7-13,25H,6,14H2,1-5H3. The fraction of sp³-hybridized carbons (Fsp3) is 0.364. The molecule has 3 rings (SSSR count). The van der Waals surface area contributed by atoms with Gasteiger partial charge in [-0.1, -0.05) is 36.7 Å². The zero-order valence-electron chi connectivity index (χ0n) is 18.7. The summed E-state index contributed by atoms with van der Waals surface area (Å²) in [5.74, 6) is 0.312. The average molecular weight is 480 g/mol. The molecule has 0 aliphatic rings. The highest BCUT2D eigenvalue weighted by Crippen LogP contribution is 2.40. The van der Waals surface area contributed by atoms with E-state index in [1.165, 1.54) is 22.5 Å². The highest BCUT2D eigenvalue weighted by atomic mass is 35.5. The summed E-state index contributed by atoms with van der Waals surface area (Å²) in [6, 6.07) is 10.6. The van der Waals surface area contributed by atoms with E-state index in [4.69, 9.17) is 11.6 Å². The van der Waals surface area contributed by atoms with Crippen molar-refractivity contribution < 1.29 is 12.8 Å². The minimum absolute atomic E-state index is 0.0991. The number of rotatable bonds is 7. The zero-order chi connectivity index (χ0) is 23.7. The fourth-order valence-corrected chi connectivity index (χ4v) is 5.43. The van der Waals surface area contributed by atoms with Crippen molar-refractivity contribution in [3.63, 3.8) is 0 Å². The molecular formula is C22H27ClFN5O2S. The Balaban J connectivity index is 2.28. The Morgan fingerprint density at radius 1 is 1.16 bits per heavy atom. The van der Waals surface area contributed by atoms with Gasteiger partial charge in [0, 0.05) is 24.2 Å². The third-order valence-electron chi connectivity index (χ3n) is 4.89. The Kier molecular flexibility index (Phi) is 6.92. The molecule has 0 spiro atoms. The molecule has 0 aliphatic carbocycles. The van der Waals surface area contributed by atoms with Crippen molar-refractivity contribution in [2.24, 2.45) is 7.05 Å². The molecule has 32 heavy (non-hydrogen) atoms. The maximum atomic E-state index is 14.7. The maximum absolute atomic E-state index is 14.7. The Morgan fingerprint density at radius 2 is 1.81 bits per heavy atom. The molecular weight excluding hydrogens is 453 g/mol. The molecule has 0 fully saturated rings. The number of nitrogens with one attached hydrogen (secondary N) is 1. The highest BCUT2D eigenvalue weighted by Gasteiger charge is 2.37. The monoisotopic (exact) mass is 479 g/mol. The summed E-state index contributed by atoms with van der Waals surface area (Å²) in [4.78, 5) is 0.0991. The van der Waals surface area contributed by atoms with Crippen molar-refractivity contribution in [3.8, 4) is 11.4 Å². The van der Waals surface area contributed by atoms with Gasteiger partial charge in [0.05, 0.1) is 22.2 Å². The smallest absolute Gasteiger partial charge is 0.264 e. The molecule has 10 heteroatoms. The highest BCUT2D eigenvalue weighted by molar-refractivity contribution is 7.93. The second-order valence-corrected chi connectivity index (χ2v) is 10.5. The zero-order valence-corrected chi connectivity index (χ0v) is 20.3. The fourth-order valence-electron chi connectivity index (χ4n) is 3.42. The molecule has 0 saturated heterocycles. The van der Waals surface area contributed by atoms with Crippen molar-refractivity contribution in [1.82, 2.24) is 20.1 Å². The van der Waals surface area contributed by atoms with Gasteiger partial charge in [0.15, 0.2) is 5.82 Å². The van der Waals surface area contributed by atoms with E-state index in [1.54, 1.807) is 50.6 Å². The average Bonchev–Trinajstić information content (AvgIpc) is 3.08. The summed E-state index contributed by atoms with van der Waals surface area (Å²) in [5, 5.41) is 11.5. The van der Waals surface area contributed by atoms with Crippen molar-refractivity contribution >= 4 is 27.3 Å². The SMILES string of the molecule is CCNCc1nnc(-c2cc(Cl)c(F)cc2N(C(C)(C)C)S(=O)(=O)c2ccccc2)n1C. The summed E-state index contributed by atoms with van der Waals surface area (Å²) in [6.07, 6.45) is 0. The summed E-state index contributed by atoms with van der Waals surface area (Å²) in [6.45, 7) is 8.45. The van der Waals surface area contributed by atoms with Crippen LogP contribution < -0.4 is 9.62 Å². The van der Waals surface area contributed by atoms with E-state index < -0.39 is 21.4 Å². The van der Waals surface area contributed by atoms with E-state index in [1.807, 2.05) is 6.92 Å². The van der Waals surface area contributed by atoms with Gasteiger partial charge in [0.1, 0.15) is 11.6 Å². The first-order chi connectivity index (χ1) is 15.0. The summed E-state index contributed by atoms with van der Waals surface area (Å²) < 4.78 is 45.0. The number of hydrogen-bond donors (Lipinski definition) is 1. The van der Waals surface area contributed by atoms with Crippen LogP contribution in [0.15, 0.2) is 47.4 Å². The van der Waals surface area contributed by atoms with Crippen molar-refractivity contribution in [2.75, 3.05) is 10.8 Å². The molecule has 0 unspecified atom stereocenters. The largest absolute Gasteiger partial charge is 0.313 e. The number of benzene rings is 2. The van der Waals surface area contributed by atoms with E-state index in [9.17, 15) is 12.8 Å². The van der Waals surface area contributed by atoms with Gasteiger partial charge in [-0.15, -0.1) is 10.2 Å². The first-order valence-electron chi connectivity index (χ1n) is 10.2. The second kappa shape index (κ2) is 9.17. The Labute approximate surface area is 193 Å². The van der Waals surface area contributed by atoms with Gasteiger partial charge in [-0.3, -0.25) is 4.31 Å². The van der Waals surface area contributed by atoms with Crippen molar-refractivity contribution in [3.05, 3.63) is 59.1 Å². The molecule has 2 aromatic carbocycles. The Morgan fingerprint density at radius 3 is 2.41 bits per heavy atom. The summed E-state index contributed by atoms with van der Waals surface area (Å²) in [7, 11) is -2.26. The first-order valence-corrected chi connectivity index (χ1v) is 12.0. The quantitative estimate of drug-likeness (QED) is 0.544. The van der Waals surface area contributed by atoms with Crippen LogP contribution in [0.5, 0.6) is 0 Å². The minimum Gasteiger partial charge on any atom is -0.313 e. The summed E-state index contributed by atoms with van der Waals surface area (Å²) >= 11 is 6.12. The molecule has 0 saturated carbocycles. The Bertz CT molecular complexity index is 1210. The van der Waals surface area contributed by atoms with Gasteiger partial charge in [0.2, 0.25) is 0 Å². The number of aromatic nitrogens is 3. The molecule has 0 atom stereocenters. The molecule has 0 bridgehead atoms. The first kappa shape index (κ1) is 24.2. The van der Waals surface area contributed by atoms with Crippen LogP contribution in [0, 0.1) is 5.82 Å². The third-order valence-corrected chi connectivity index (χ3v) is 7.27. The normalized spacial score (nSPS) is 12.2. The predicted octanol–water partition coefficient (Wildman–Crippen LogP) is 4.38. The molecule has 1 aromatic heterocycles. The maximum Gasteiger partial charge on any atom is 0.264 e. The molecule has 0 amide bonds. The van der Waals surface area contributed by atoms with Crippen LogP contribution in [0.1, 0.15) is 33.5 Å². The lowest BCUT2D eigenvalue weighted by molar-refractivity contribution is 0.534. The Hall–Kier alpha value is -2.49. The predicted molar refractivity (Wildman–Crippen MR) is 125 cm³/mol. The summed E-state index contributed by atoms with van der Waals surface area (Å²) in [5.41, 5.74) is -0.424. The molecule has 0 aliphatic heterocycles. The molecule has 0 radical (unpaired) electrons. The number of sulfonamides is 1. The molecule has 7 nitrogen and oxygen atoms in total. The molecule has 1 N–H and O–H groups in total. The molecule has 3 aromatic rings. The number of halogens is 2. The van der Waals surface area contributed by atoms with E-state index >= 15 is 0 Å². The van der Waals surface area contributed by atoms with Crippen LogP contribution in [-0.4, -0.2) is 35.3 Å². The van der Waals surface area contributed by atoms with Crippen LogP contribution >= 0.6 is 11.6 Å². The molecule has 1 heterocycles. The lowest BCUT2D eigenvalue weighted by Crippen LogP contribution is -2.46. The minimum atomic E-state index is -4.04. The van der Waals surface area contributed by atoms with Crippen LogP contribution in [0.2, 0.25) is 5.02 Å². The van der Waals surface area contributed by atoms with Crippen molar-refractivity contribution in [1.29, 1.82) is 0 Å².